The SMILES string of the molecule is Cc1ccccc1CN=C(NCc1ccnn1C)Nc1ccc(OC(C)C)cc1. The lowest BCUT2D eigenvalue weighted by atomic mass is 10.1. The number of ether oxygens (including phenoxy) is 1. The molecule has 3 rings (SSSR count). The monoisotopic (exact) mass is 391 g/mol. The highest BCUT2D eigenvalue weighted by Gasteiger charge is 2.05. The van der Waals surface area contributed by atoms with Crippen molar-refractivity contribution in [2.45, 2.75) is 40.0 Å². The van der Waals surface area contributed by atoms with Crippen LogP contribution in [0.5, 0.6) is 5.75 Å². The van der Waals surface area contributed by atoms with Crippen LogP contribution in [0.2, 0.25) is 0 Å². The number of guanidine groups is 1. The zero-order valence-corrected chi connectivity index (χ0v) is 17.5. The van der Waals surface area contributed by atoms with E-state index < -0.39 is 0 Å². The van der Waals surface area contributed by atoms with Gasteiger partial charge in [-0.15, -0.1) is 0 Å². The zero-order valence-electron chi connectivity index (χ0n) is 17.5. The number of benzene rings is 2. The van der Waals surface area contributed by atoms with Gasteiger partial charge >= 0.3 is 0 Å². The van der Waals surface area contributed by atoms with Crippen molar-refractivity contribution < 1.29 is 4.74 Å². The number of anilines is 1. The first-order chi connectivity index (χ1) is 14.0. The van der Waals surface area contributed by atoms with E-state index in [1.54, 1.807) is 6.20 Å². The molecule has 1 aromatic heterocycles. The minimum atomic E-state index is 0.153. The van der Waals surface area contributed by atoms with E-state index in [0.717, 1.165) is 17.1 Å². The van der Waals surface area contributed by atoms with Crippen LogP contribution in [0.15, 0.2) is 65.8 Å². The maximum atomic E-state index is 5.72. The van der Waals surface area contributed by atoms with E-state index in [1.807, 2.05) is 68.0 Å². The highest BCUT2D eigenvalue weighted by atomic mass is 16.5. The van der Waals surface area contributed by atoms with Gasteiger partial charge < -0.3 is 15.4 Å². The third-order valence-electron chi connectivity index (χ3n) is 4.52. The smallest absolute Gasteiger partial charge is 0.196 e. The second kappa shape index (κ2) is 9.78. The maximum absolute atomic E-state index is 5.72. The van der Waals surface area contributed by atoms with Gasteiger partial charge in [-0.1, -0.05) is 24.3 Å². The summed E-state index contributed by atoms with van der Waals surface area (Å²) < 4.78 is 7.57. The van der Waals surface area contributed by atoms with Crippen LogP contribution in [0.1, 0.15) is 30.7 Å². The number of aliphatic imine (C=N–C) groups is 1. The average Bonchev–Trinajstić information content (AvgIpc) is 3.11. The maximum Gasteiger partial charge on any atom is 0.196 e. The van der Waals surface area contributed by atoms with Crippen molar-refractivity contribution in [1.29, 1.82) is 0 Å². The molecule has 0 amide bonds. The van der Waals surface area contributed by atoms with E-state index in [0.29, 0.717) is 19.0 Å². The number of rotatable bonds is 7. The number of nitrogens with zero attached hydrogens (tertiary/aromatic N) is 3. The number of nitrogens with one attached hydrogen (secondary N) is 2. The Kier molecular flexibility index (Phi) is 6.89. The molecule has 0 radical (unpaired) electrons. The number of hydrogen-bond donors (Lipinski definition) is 2. The Labute approximate surface area is 172 Å². The molecule has 3 aromatic rings. The molecule has 0 fully saturated rings. The molecule has 0 aliphatic heterocycles. The van der Waals surface area contributed by atoms with Gasteiger partial charge in [0.2, 0.25) is 0 Å². The quantitative estimate of drug-likeness (QED) is 0.466. The fourth-order valence-corrected chi connectivity index (χ4v) is 2.87. The molecular formula is C23H29N5O. The van der Waals surface area contributed by atoms with E-state index in [-0.39, 0.29) is 6.10 Å². The largest absolute Gasteiger partial charge is 0.491 e. The molecule has 6 heteroatoms. The third-order valence-corrected chi connectivity index (χ3v) is 4.52. The Hall–Kier alpha value is -3.28. The van der Waals surface area contributed by atoms with E-state index in [1.165, 1.54) is 11.1 Å². The van der Waals surface area contributed by atoms with Crippen LogP contribution in [-0.4, -0.2) is 21.8 Å². The van der Waals surface area contributed by atoms with Crippen molar-refractivity contribution in [2.75, 3.05) is 5.32 Å². The van der Waals surface area contributed by atoms with Crippen molar-refractivity contribution >= 4 is 11.6 Å². The summed E-state index contributed by atoms with van der Waals surface area (Å²) >= 11 is 0. The summed E-state index contributed by atoms with van der Waals surface area (Å²) in [7, 11) is 1.93. The van der Waals surface area contributed by atoms with E-state index >= 15 is 0 Å². The summed E-state index contributed by atoms with van der Waals surface area (Å²) in [4.78, 5) is 4.78. The van der Waals surface area contributed by atoms with Crippen LogP contribution >= 0.6 is 0 Å². The number of aromatic nitrogens is 2. The van der Waals surface area contributed by atoms with Crippen molar-refractivity contribution in [3.8, 4) is 5.75 Å². The third kappa shape index (κ3) is 6.10. The Morgan fingerprint density at radius 1 is 1.10 bits per heavy atom. The zero-order chi connectivity index (χ0) is 20.6. The summed E-state index contributed by atoms with van der Waals surface area (Å²) in [5.41, 5.74) is 4.46. The summed E-state index contributed by atoms with van der Waals surface area (Å²) in [5, 5.41) is 11.0. The second-order valence-corrected chi connectivity index (χ2v) is 7.21. The summed E-state index contributed by atoms with van der Waals surface area (Å²) in [6.07, 6.45) is 1.95. The predicted octanol–water partition coefficient (Wildman–Crippen LogP) is 4.27. The van der Waals surface area contributed by atoms with Gasteiger partial charge in [-0.3, -0.25) is 4.68 Å². The molecule has 29 heavy (non-hydrogen) atoms. The highest BCUT2D eigenvalue weighted by molar-refractivity contribution is 5.93. The van der Waals surface area contributed by atoms with Crippen LogP contribution in [0.4, 0.5) is 5.69 Å². The first kappa shape index (κ1) is 20.5. The van der Waals surface area contributed by atoms with Gasteiger partial charge in [0.1, 0.15) is 5.75 Å². The van der Waals surface area contributed by atoms with Gasteiger partial charge in [-0.25, -0.2) is 4.99 Å². The predicted molar refractivity (Wildman–Crippen MR) is 118 cm³/mol. The first-order valence-corrected chi connectivity index (χ1v) is 9.84. The lowest BCUT2D eigenvalue weighted by molar-refractivity contribution is 0.242. The van der Waals surface area contributed by atoms with Gasteiger partial charge in [-0.05, 0) is 62.2 Å². The van der Waals surface area contributed by atoms with E-state index in [9.17, 15) is 0 Å². The van der Waals surface area contributed by atoms with Crippen molar-refractivity contribution in [1.82, 2.24) is 15.1 Å². The minimum Gasteiger partial charge on any atom is -0.491 e. The van der Waals surface area contributed by atoms with Crippen LogP contribution in [0.25, 0.3) is 0 Å². The number of aryl methyl sites for hydroxylation is 2. The molecule has 2 aromatic carbocycles. The summed E-state index contributed by atoms with van der Waals surface area (Å²) in [6.45, 7) is 7.37. The Balaban J connectivity index is 1.73. The molecule has 0 unspecified atom stereocenters. The van der Waals surface area contributed by atoms with E-state index in [4.69, 9.17) is 9.73 Å². The molecule has 0 aliphatic carbocycles. The summed E-state index contributed by atoms with van der Waals surface area (Å²) in [6, 6.07) is 18.2. The van der Waals surface area contributed by atoms with E-state index in [2.05, 4.69) is 34.8 Å². The fourth-order valence-electron chi connectivity index (χ4n) is 2.87. The van der Waals surface area contributed by atoms with Crippen LogP contribution in [0, 0.1) is 6.92 Å². The second-order valence-electron chi connectivity index (χ2n) is 7.21. The standard InChI is InChI=1S/C23H29N5O/c1-17(2)29-22-11-9-20(10-12-22)27-23(25-16-21-13-14-26-28(21)4)24-15-19-8-6-5-7-18(19)3/h5-14,17H,15-16H2,1-4H3,(H2,24,25,27). The van der Waals surface area contributed by atoms with Crippen molar-refractivity contribution in [2.24, 2.45) is 12.0 Å². The molecule has 0 spiro atoms. The van der Waals surface area contributed by atoms with Gasteiger partial charge in [-0.2, -0.15) is 5.10 Å². The van der Waals surface area contributed by atoms with Gasteiger partial charge in [0.05, 0.1) is 24.9 Å². The molecule has 0 aliphatic rings. The van der Waals surface area contributed by atoms with Crippen LogP contribution in [-0.2, 0) is 20.1 Å². The molecule has 6 nitrogen and oxygen atoms in total. The Bertz CT molecular complexity index is 944. The molecular weight excluding hydrogens is 362 g/mol. The molecule has 0 saturated heterocycles. The molecule has 0 atom stereocenters. The summed E-state index contributed by atoms with van der Waals surface area (Å²) in [5.74, 6) is 1.57. The lowest BCUT2D eigenvalue weighted by Crippen LogP contribution is -2.31. The van der Waals surface area contributed by atoms with Gasteiger partial charge in [0.15, 0.2) is 5.96 Å². The minimum absolute atomic E-state index is 0.153. The van der Waals surface area contributed by atoms with Crippen molar-refractivity contribution in [3.63, 3.8) is 0 Å². The molecule has 0 bridgehead atoms. The fraction of sp³-hybridized carbons (Fsp3) is 0.304. The molecule has 1 heterocycles. The Morgan fingerprint density at radius 2 is 1.86 bits per heavy atom. The molecule has 0 saturated carbocycles. The average molecular weight is 392 g/mol. The topological polar surface area (TPSA) is 63.5 Å². The molecule has 2 N–H and O–H groups in total. The van der Waals surface area contributed by atoms with Crippen molar-refractivity contribution in [3.05, 3.63) is 77.6 Å². The normalized spacial score (nSPS) is 11.6. The number of hydrogen-bond acceptors (Lipinski definition) is 3. The van der Waals surface area contributed by atoms with Gasteiger partial charge in [0.25, 0.3) is 0 Å². The van der Waals surface area contributed by atoms with Crippen LogP contribution in [0.3, 0.4) is 0 Å². The van der Waals surface area contributed by atoms with Crippen LogP contribution < -0.4 is 15.4 Å². The molecule has 152 valence electrons. The van der Waals surface area contributed by atoms with Gasteiger partial charge in [0, 0.05) is 18.9 Å². The Morgan fingerprint density at radius 3 is 2.52 bits per heavy atom. The lowest BCUT2D eigenvalue weighted by Gasteiger charge is -2.14. The first-order valence-electron chi connectivity index (χ1n) is 9.84. The highest BCUT2D eigenvalue weighted by Crippen LogP contribution is 2.17.